The molecular formula is C16H10Cl3N3O. The lowest BCUT2D eigenvalue weighted by Crippen LogP contribution is -2.29. The maximum atomic E-state index is 12.0. The average molecular weight is 367 g/mol. The molecule has 0 unspecified atom stereocenters. The van der Waals surface area contributed by atoms with E-state index in [4.69, 9.17) is 34.8 Å². The van der Waals surface area contributed by atoms with Crippen molar-refractivity contribution in [1.29, 1.82) is 0 Å². The predicted molar refractivity (Wildman–Crippen MR) is 95.1 cm³/mol. The molecular weight excluding hydrogens is 357 g/mol. The van der Waals surface area contributed by atoms with Gasteiger partial charge in [-0.05, 0) is 42.5 Å². The largest absolute Gasteiger partial charge is 0.326 e. The van der Waals surface area contributed by atoms with Crippen LogP contribution in [0.5, 0.6) is 0 Å². The van der Waals surface area contributed by atoms with E-state index < -0.39 is 0 Å². The topological polar surface area (TPSA) is 53.5 Å². The highest BCUT2D eigenvalue weighted by Gasteiger charge is 2.21. The summed E-state index contributed by atoms with van der Waals surface area (Å²) in [5.74, 6) is -0.0100. The molecule has 0 aliphatic carbocycles. The van der Waals surface area contributed by atoms with E-state index in [1.165, 1.54) is 0 Å². The highest BCUT2D eigenvalue weighted by Crippen LogP contribution is 2.27. The highest BCUT2D eigenvalue weighted by molar-refractivity contribution is 6.37. The van der Waals surface area contributed by atoms with Crippen LogP contribution in [-0.2, 0) is 4.79 Å². The first-order valence-corrected chi connectivity index (χ1v) is 7.74. The summed E-state index contributed by atoms with van der Waals surface area (Å²) in [5, 5.41) is 7.16. The Labute approximate surface area is 147 Å². The van der Waals surface area contributed by atoms with Crippen molar-refractivity contribution in [1.82, 2.24) is 5.32 Å². The second-order valence-electron chi connectivity index (χ2n) is 4.71. The van der Waals surface area contributed by atoms with Crippen LogP contribution in [0.4, 0.5) is 5.69 Å². The summed E-state index contributed by atoms with van der Waals surface area (Å²) in [6.07, 6.45) is 1.55. The zero-order valence-electron chi connectivity index (χ0n) is 11.6. The first kappa shape index (κ1) is 15.9. The predicted octanol–water partition coefficient (Wildman–Crippen LogP) is 4.59. The molecule has 3 rings (SSSR count). The number of rotatable bonds is 2. The van der Waals surface area contributed by atoms with E-state index in [1.807, 2.05) is 0 Å². The summed E-state index contributed by atoms with van der Waals surface area (Å²) in [7, 11) is 0. The smallest absolute Gasteiger partial charge is 0.276 e. The van der Waals surface area contributed by atoms with Gasteiger partial charge in [-0.3, -0.25) is 10.1 Å². The van der Waals surface area contributed by atoms with Crippen molar-refractivity contribution < 1.29 is 4.79 Å². The molecule has 0 saturated carbocycles. The van der Waals surface area contributed by atoms with Crippen molar-refractivity contribution in [2.75, 3.05) is 5.32 Å². The van der Waals surface area contributed by atoms with Crippen LogP contribution in [0.2, 0.25) is 15.1 Å². The van der Waals surface area contributed by atoms with Crippen LogP contribution in [0.3, 0.4) is 0 Å². The standard InChI is InChI=1S/C16H10Cl3N3O/c17-9-4-6-10(7-5-9)20-16-21-14(15(23)22-16)8-11-12(18)2-1-3-13(11)19/h1-8H,(H2,20,21,22,23)/b14-8+. The van der Waals surface area contributed by atoms with E-state index in [1.54, 1.807) is 48.5 Å². The van der Waals surface area contributed by atoms with Gasteiger partial charge in [0.05, 0.1) is 0 Å². The minimum Gasteiger partial charge on any atom is -0.326 e. The van der Waals surface area contributed by atoms with Gasteiger partial charge in [0.15, 0.2) is 0 Å². The van der Waals surface area contributed by atoms with Gasteiger partial charge < -0.3 is 5.32 Å². The number of nitrogens with zero attached hydrogens (tertiary/aromatic N) is 1. The fraction of sp³-hybridized carbons (Fsp3) is 0. The fourth-order valence-electron chi connectivity index (χ4n) is 1.98. The van der Waals surface area contributed by atoms with E-state index in [2.05, 4.69) is 15.6 Å². The number of anilines is 1. The summed E-state index contributed by atoms with van der Waals surface area (Å²) >= 11 is 18.0. The van der Waals surface area contributed by atoms with Crippen LogP contribution in [0.25, 0.3) is 6.08 Å². The molecule has 0 atom stereocenters. The van der Waals surface area contributed by atoms with E-state index in [9.17, 15) is 4.79 Å². The van der Waals surface area contributed by atoms with Crippen LogP contribution in [0.15, 0.2) is 53.2 Å². The molecule has 0 bridgehead atoms. The molecule has 2 aromatic carbocycles. The van der Waals surface area contributed by atoms with Gasteiger partial charge >= 0.3 is 0 Å². The van der Waals surface area contributed by atoms with Gasteiger partial charge in [0.2, 0.25) is 5.96 Å². The van der Waals surface area contributed by atoms with Crippen molar-refractivity contribution >= 4 is 58.4 Å². The number of amides is 1. The van der Waals surface area contributed by atoms with E-state index in [0.717, 1.165) is 5.69 Å². The maximum Gasteiger partial charge on any atom is 0.276 e. The lowest BCUT2D eigenvalue weighted by molar-refractivity contribution is -0.115. The molecule has 0 fully saturated rings. The Kier molecular flexibility index (Phi) is 4.57. The van der Waals surface area contributed by atoms with Gasteiger partial charge in [0, 0.05) is 26.3 Å². The minimum atomic E-state index is -0.336. The Balaban J connectivity index is 1.86. The molecule has 0 saturated heterocycles. The van der Waals surface area contributed by atoms with Crippen molar-refractivity contribution in [2.24, 2.45) is 4.99 Å². The van der Waals surface area contributed by atoms with E-state index in [0.29, 0.717) is 26.6 Å². The number of benzene rings is 2. The van der Waals surface area contributed by atoms with Crippen LogP contribution < -0.4 is 10.6 Å². The summed E-state index contributed by atoms with van der Waals surface area (Å²) < 4.78 is 0. The van der Waals surface area contributed by atoms with Gasteiger partial charge in [0.1, 0.15) is 5.70 Å². The fourth-order valence-corrected chi connectivity index (χ4v) is 2.62. The molecule has 7 heteroatoms. The summed E-state index contributed by atoms with van der Waals surface area (Å²) in [5.41, 5.74) is 1.53. The van der Waals surface area contributed by atoms with Gasteiger partial charge in [-0.1, -0.05) is 40.9 Å². The van der Waals surface area contributed by atoms with E-state index in [-0.39, 0.29) is 11.6 Å². The third-order valence-corrected chi connectivity index (χ3v) is 4.00. The molecule has 1 amide bonds. The van der Waals surface area contributed by atoms with Crippen molar-refractivity contribution in [3.05, 3.63) is 68.8 Å². The number of carbonyl (C=O) groups is 1. The molecule has 2 aromatic rings. The molecule has 4 nitrogen and oxygen atoms in total. The Morgan fingerprint density at radius 3 is 2.30 bits per heavy atom. The first-order chi connectivity index (χ1) is 11.0. The third-order valence-electron chi connectivity index (χ3n) is 3.08. The molecule has 1 heterocycles. The zero-order valence-corrected chi connectivity index (χ0v) is 13.9. The molecule has 0 radical (unpaired) electrons. The zero-order chi connectivity index (χ0) is 16.4. The number of halogens is 3. The van der Waals surface area contributed by atoms with Crippen molar-refractivity contribution in [2.45, 2.75) is 0 Å². The summed E-state index contributed by atoms with van der Waals surface area (Å²) in [6.45, 7) is 0. The van der Waals surface area contributed by atoms with Crippen LogP contribution >= 0.6 is 34.8 Å². The Hall–Kier alpha value is -2.01. The summed E-state index contributed by atoms with van der Waals surface area (Å²) in [6, 6.07) is 12.2. The van der Waals surface area contributed by atoms with Crippen molar-refractivity contribution in [3.63, 3.8) is 0 Å². The number of carbonyl (C=O) groups excluding carboxylic acids is 1. The number of nitrogens with one attached hydrogen (secondary N) is 2. The molecule has 0 spiro atoms. The van der Waals surface area contributed by atoms with Crippen molar-refractivity contribution in [3.8, 4) is 0 Å². The number of aliphatic imine (C=N–C) groups is 1. The van der Waals surface area contributed by atoms with Gasteiger partial charge in [0.25, 0.3) is 5.91 Å². The second-order valence-corrected chi connectivity index (χ2v) is 5.96. The van der Waals surface area contributed by atoms with Crippen LogP contribution in [-0.4, -0.2) is 11.9 Å². The van der Waals surface area contributed by atoms with Gasteiger partial charge in [-0.2, -0.15) is 0 Å². The van der Waals surface area contributed by atoms with Crippen LogP contribution in [0, 0.1) is 0 Å². The SMILES string of the molecule is O=C1NC(Nc2ccc(Cl)cc2)=N/C1=C/c1c(Cl)cccc1Cl. The lowest BCUT2D eigenvalue weighted by atomic mass is 10.2. The monoisotopic (exact) mass is 365 g/mol. The minimum absolute atomic E-state index is 0.219. The Morgan fingerprint density at radius 1 is 1.00 bits per heavy atom. The highest BCUT2D eigenvalue weighted by atomic mass is 35.5. The average Bonchev–Trinajstić information content (AvgIpc) is 2.85. The van der Waals surface area contributed by atoms with Crippen LogP contribution in [0.1, 0.15) is 5.56 Å². The third kappa shape index (κ3) is 3.67. The van der Waals surface area contributed by atoms with Gasteiger partial charge in [-0.25, -0.2) is 4.99 Å². The number of guanidine groups is 1. The molecule has 1 aliphatic heterocycles. The Morgan fingerprint density at radius 2 is 1.65 bits per heavy atom. The molecule has 0 aromatic heterocycles. The number of hydrogen-bond donors (Lipinski definition) is 2. The van der Waals surface area contributed by atoms with E-state index >= 15 is 0 Å². The quantitative estimate of drug-likeness (QED) is 0.764. The molecule has 2 N–H and O–H groups in total. The first-order valence-electron chi connectivity index (χ1n) is 6.61. The molecule has 116 valence electrons. The molecule has 23 heavy (non-hydrogen) atoms. The maximum absolute atomic E-state index is 12.0. The Bertz CT molecular complexity index is 809. The van der Waals surface area contributed by atoms with Gasteiger partial charge in [-0.15, -0.1) is 0 Å². The second kappa shape index (κ2) is 6.62. The normalized spacial score (nSPS) is 15.5. The summed E-state index contributed by atoms with van der Waals surface area (Å²) in [4.78, 5) is 16.2. The molecule has 1 aliphatic rings. The number of hydrogen-bond acceptors (Lipinski definition) is 3. The lowest BCUT2D eigenvalue weighted by Gasteiger charge is -2.04.